The third kappa shape index (κ3) is 3.05. The molecule has 1 aromatic rings. The number of hydrogen-bond donors (Lipinski definition) is 1. The summed E-state index contributed by atoms with van der Waals surface area (Å²) in [4.78, 5) is 4.79. The van der Waals surface area contributed by atoms with Gasteiger partial charge < -0.3 is 5.73 Å². The van der Waals surface area contributed by atoms with Crippen LogP contribution in [0, 0.1) is 5.92 Å². The Morgan fingerprint density at radius 1 is 1.50 bits per heavy atom. The second kappa shape index (κ2) is 5.78. The summed E-state index contributed by atoms with van der Waals surface area (Å²) >= 11 is 1.84. The Kier molecular flexibility index (Phi) is 4.36. The van der Waals surface area contributed by atoms with Crippen molar-refractivity contribution >= 4 is 11.3 Å². The van der Waals surface area contributed by atoms with Crippen molar-refractivity contribution in [1.82, 2.24) is 4.98 Å². The average molecular weight is 238 g/mol. The molecule has 0 aromatic carbocycles. The molecule has 0 spiro atoms. The summed E-state index contributed by atoms with van der Waals surface area (Å²) in [7, 11) is 0. The lowest BCUT2D eigenvalue weighted by atomic mass is 10.0. The fraction of sp³-hybridized carbons (Fsp3) is 0.769. The van der Waals surface area contributed by atoms with Crippen molar-refractivity contribution in [3.63, 3.8) is 0 Å². The van der Waals surface area contributed by atoms with E-state index >= 15 is 0 Å². The highest BCUT2D eigenvalue weighted by atomic mass is 32.1. The number of rotatable bonds is 5. The Morgan fingerprint density at radius 2 is 2.25 bits per heavy atom. The molecule has 0 aliphatic heterocycles. The SMILES string of the molecule is CC(CCN)Cc1nc(C2CCCC2)cs1. The minimum Gasteiger partial charge on any atom is -0.330 e. The molecule has 1 aromatic heterocycles. The molecule has 1 aliphatic carbocycles. The molecule has 2 nitrogen and oxygen atoms in total. The standard InChI is InChI=1S/C13H22N2S/c1-10(6-7-14)8-13-15-12(9-16-13)11-4-2-3-5-11/h9-11H,2-8,14H2,1H3. The van der Waals surface area contributed by atoms with Crippen molar-refractivity contribution in [2.45, 2.75) is 51.4 Å². The predicted octanol–water partition coefficient (Wildman–Crippen LogP) is 3.33. The maximum absolute atomic E-state index is 5.57. The van der Waals surface area contributed by atoms with Gasteiger partial charge in [0.05, 0.1) is 10.7 Å². The molecule has 0 radical (unpaired) electrons. The minimum atomic E-state index is 0.674. The molecule has 1 saturated carbocycles. The van der Waals surface area contributed by atoms with Crippen molar-refractivity contribution in [2.75, 3.05) is 6.54 Å². The van der Waals surface area contributed by atoms with E-state index in [0.717, 1.165) is 25.3 Å². The summed E-state index contributed by atoms with van der Waals surface area (Å²) in [5.41, 5.74) is 6.93. The molecule has 0 bridgehead atoms. The molecule has 0 saturated heterocycles. The summed E-state index contributed by atoms with van der Waals surface area (Å²) in [6, 6.07) is 0. The summed E-state index contributed by atoms with van der Waals surface area (Å²) in [5, 5.41) is 3.59. The van der Waals surface area contributed by atoms with E-state index in [2.05, 4.69) is 12.3 Å². The molecule has 16 heavy (non-hydrogen) atoms. The van der Waals surface area contributed by atoms with Gasteiger partial charge >= 0.3 is 0 Å². The van der Waals surface area contributed by atoms with Gasteiger partial charge in [-0.25, -0.2) is 4.98 Å². The second-order valence-corrected chi connectivity index (χ2v) is 5.98. The van der Waals surface area contributed by atoms with Crippen molar-refractivity contribution in [3.05, 3.63) is 16.1 Å². The molecule has 1 heterocycles. The lowest BCUT2D eigenvalue weighted by Crippen LogP contribution is -2.08. The second-order valence-electron chi connectivity index (χ2n) is 5.03. The van der Waals surface area contributed by atoms with Gasteiger partial charge in [-0.15, -0.1) is 11.3 Å². The lowest BCUT2D eigenvalue weighted by molar-refractivity contribution is 0.535. The Labute approximate surface area is 102 Å². The third-order valence-electron chi connectivity index (χ3n) is 3.53. The zero-order valence-corrected chi connectivity index (χ0v) is 10.9. The number of aromatic nitrogens is 1. The first-order valence-corrected chi connectivity index (χ1v) is 7.32. The van der Waals surface area contributed by atoms with Crippen molar-refractivity contribution in [1.29, 1.82) is 0 Å². The Hall–Kier alpha value is -0.410. The minimum absolute atomic E-state index is 0.674. The van der Waals surface area contributed by atoms with Crippen LogP contribution in [-0.4, -0.2) is 11.5 Å². The normalized spacial score (nSPS) is 19.1. The molecule has 2 rings (SSSR count). The zero-order chi connectivity index (χ0) is 11.4. The predicted molar refractivity (Wildman–Crippen MR) is 69.9 cm³/mol. The van der Waals surface area contributed by atoms with Crippen LogP contribution in [-0.2, 0) is 6.42 Å². The zero-order valence-electron chi connectivity index (χ0n) is 10.1. The highest BCUT2D eigenvalue weighted by Crippen LogP contribution is 2.34. The topological polar surface area (TPSA) is 38.9 Å². The Bertz CT molecular complexity index is 315. The summed E-state index contributed by atoms with van der Waals surface area (Å²) < 4.78 is 0. The van der Waals surface area contributed by atoms with Crippen LogP contribution in [0.3, 0.4) is 0 Å². The number of hydrogen-bond acceptors (Lipinski definition) is 3. The molecular weight excluding hydrogens is 216 g/mol. The van der Waals surface area contributed by atoms with E-state index in [1.807, 2.05) is 11.3 Å². The Morgan fingerprint density at radius 3 is 2.94 bits per heavy atom. The molecular formula is C13H22N2S. The van der Waals surface area contributed by atoms with Gasteiger partial charge in [0.1, 0.15) is 0 Å². The van der Waals surface area contributed by atoms with Crippen molar-refractivity contribution < 1.29 is 0 Å². The van der Waals surface area contributed by atoms with Gasteiger partial charge in [0.25, 0.3) is 0 Å². The molecule has 2 N–H and O–H groups in total. The molecule has 3 heteroatoms. The molecule has 1 fully saturated rings. The van der Waals surface area contributed by atoms with Gasteiger partial charge in [0.15, 0.2) is 0 Å². The van der Waals surface area contributed by atoms with Crippen molar-refractivity contribution in [3.8, 4) is 0 Å². The lowest BCUT2D eigenvalue weighted by Gasteiger charge is -2.07. The average Bonchev–Trinajstić information content (AvgIpc) is 2.86. The van der Waals surface area contributed by atoms with Crippen LogP contribution in [0.25, 0.3) is 0 Å². The Balaban J connectivity index is 1.91. The van der Waals surface area contributed by atoms with E-state index in [9.17, 15) is 0 Å². The third-order valence-corrected chi connectivity index (χ3v) is 4.41. The van der Waals surface area contributed by atoms with Crippen molar-refractivity contribution in [2.24, 2.45) is 11.7 Å². The first kappa shape index (κ1) is 12.1. The fourth-order valence-corrected chi connectivity index (χ4v) is 3.55. The van der Waals surface area contributed by atoms with Crippen LogP contribution in [0.4, 0.5) is 0 Å². The maximum Gasteiger partial charge on any atom is 0.0931 e. The quantitative estimate of drug-likeness (QED) is 0.854. The molecule has 90 valence electrons. The van der Waals surface area contributed by atoms with E-state index in [4.69, 9.17) is 10.7 Å². The number of nitrogens with zero attached hydrogens (tertiary/aromatic N) is 1. The molecule has 1 atom stereocenters. The van der Waals surface area contributed by atoms with Gasteiger partial charge in [-0.3, -0.25) is 0 Å². The highest BCUT2D eigenvalue weighted by Gasteiger charge is 2.19. The van der Waals surface area contributed by atoms with E-state index in [-0.39, 0.29) is 0 Å². The fourth-order valence-electron chi connectivity index (χ4n) is 2.51. The van der Waals surface area contributed by atoms with Crippen LogP contribution < -0.4 is 5.73 Å². The summed E-state index contributed by atoms with van der Waals surface area (Å²) in [5.74, 6) is 1.43. The van der Waals surface area contributed by atoms with Crippen LogP contribution >= 0.6 is 11.3 Å². The number of nitrogens with two attached hydrogens (primary N) is 1. The van der Waals surface area contributed by atoms with Gasteiger partial charge in [0.2, 0.25) is 0 Å². The van der Waals surface area contributed by atoms with Gasteiger partial charge in [-0.2, -0.15) is 0 Å². The van der Waals surface area contributed by atoms with Gasteiger partial charge in [0, 0.05) is 17.7 Å². The van der Waals surface area contributed by atoms with Crippen LogP contribution in [0.2, 0.25) is 0 Å². The van der Waals surface area contributed by atoms with Crippen LogP contribution in [0.15, 0.2) is 5.38 Å². The van der Waals surface area contributed by atoms with E-state index in [1.54, 1.807) is 0 Å². The maximum atomic E-state index is 5.57. The van der Waals surface area contributed by atoms with E-state index in [0.29, 0.717) is 5.92 Å². The van der Waals surface area contributed by atoms with Crippen LogP contribution in [0.1, 0.15) is 55.6 Å². The van der Waals surface area contributed by atoms with Gasteiger partial charge in [-0.1, -0.05) is 19.8 Å². The van der Waals surface area contributed by atoms with E-state index < -0.39 is 0 Å². The summed E-state index contributed by atoms with van der Waals surface area (Å²) in [6.45, 7) is 3.06. The monoisotopic (exact) mass is 238 g/mol. The molecule has 0 amide bonds. The smallest absolute Gasteiger partial charge is 0.0931 e. The number of thiazole rings is 1. The first-order chi connectivity index (χ1) is 7.79. The summed E-state index contributed by atoms with van der Waals surface area (Å²) in [6.07, 6.45) is 7.69. The highest BCUT2D eigenvalue weighted by molar-refractivity contribution is 7.09. The molecule has 1 aliphatic rings. The molecule has 1 unspecified atom stereocenters. The van der Waals surface area contributed by atoms with Crippen LogP contribution in [0.5, 0.6) is 0 Å². The van der Waals surface area contributed by atoms with Gasteiger partial charge in [-0.05, 0) is 31.7 Å². The van der Waals surface area contributed by atoms with E-state index in [1.165, 1.54) is 36.4 Å². The first-order valence-electron chi connectivity index (χ1n) is 6.44. The largest absolute Gasteiger partial charge is 0.330 e.